The molecule has 9 heteroatoms. The number of rotatable bonds is 8. The summed E-state index contributed by atoms with van der Waals surface area (Å²) in [4.78, 5) is 23.4. The second kappa shape index (κ2) is 13.2. The van der Waals surface area contributed by atoms with Crippen LogP contribution >= 0.6 is 0 Å². The normalized spacial score (nSPS) is 11.5. The predicted molar refractivity (Wildman–Crippen MR) is 123 cm³/mol. The molecule has 0 aromatic heterocycles. The molecule has 0 amide bonds. The highest BCUT2D eigenvalue weighted by Gasteiger charge is 2.23. The molecule has 0 saturated heterocycles. The summed E-state index contributed by atoms with van der Waals surface area (Å²) in [5.41, 5.74) is 6.38. The quantitative estimate of drug-likeness (QED) is 0.382. The molecule has 3 aromatic carbocycles. The van der Waals surface area contributed by atoms with Crippen molar-refractivity contribution in [1.29, 1.82) is 0 Å². The second-order valence-corrected chi connectivity index (χ2v) is 8.79. The standard InChI is InChI=1S/C18H19NO4.C7H8O3S/c19-16(18(21)23-13-15-9-5-2-6-10-15)11-17(20)22-12-14-7-3-1-4-8-14;1-6-2-4-7(5-3-6)11(8,9)10/h1-10,16H,11-13,19H2;2-5H,1H3,(H,8,9,10)/t16-;/m0./s1. The van der Waals surface area contributed by atoms with Crippen LogP contribution in [0, 0.1) is 6.92 Å². The zero-order valence-corrected chi connectivity index (χ0v) is 19.6. The number of carbonyl (C=O) groups is 2. The third-order valence-electron chi connectivity index (χ3n) is 4.52. The number of aryl methyl sites for hydroxylation is 1. The summed E-state index contributed by atoms with van der Waals surface area (Å²) < 4.78 is 41.4. The van der Waals surface area contributed by atoms with Gasteiger partial charge in [0, 0.05) is 0 Å². The van der Waals surface area contributed by atoms with Crippen LogP contribution in [0.4, 0.5) is 0 Å². The Kier molecular flexibility index (Phi) is 10.4. The first-order valence-electron chi connectivity index (χ1n) is 10.4. The number of hydrogen-bond acceptors (Lipinski definition) is 7. The van der Waals surface area contributed by atoms with Crippen molar-refractivity contribution in [3.63, 3.8) is 0 Å². The Morgan fingerprint density at radius 1 is 0.824 bits per heavy atom. The van der Waals surface area contributed by atoms with Gasteiger partial charge in [0.25, 0.3) is 0 Å². The van der Waals surface area contributed by atoms with E-state index < -0.39 is 28.1 Å². The van der Waals surface area contributed by atoms with Crippen molar-refractivity contribution >= 4 is 22.1 Å². The van der Waals surface area contributed by atoms with Crippen LogP contribution in [0.25, 0.3) is 0 Å². The number of ether oxygens (including phenoxy) is 2. The van der Waals surface area contributed by atoms with Crippen molar-refractivity contribution in [3.8, 4) is 0 Å². The first-order chi connectivity index (χ1) is 16.1. The number of hydrogen-bond donors (Lipinski definition) is 1. The zero-order chi connectivity index (χ0) is 25.0. The molecule has 0 unspecified atom stereocenters. The molecule has 0 fully saturated rings. The maximum Gasteiger partial charge on any atom is 0.365 e. The summed E-state index contributed by atoms with van der Waals surface area (Å²) >= 11 is 0. The van der Waals surface area contributed by atoms with Crippen LogP contribution in [0.5, 0.6) is 0 Å². The first-order valence-corrected chi connectivity index (χ1v) is 11.8. The van der Waals surface area contributed by atoms with E-state index in [0.717, 1.165) is 16.7 Å². The van der Waals surface area contributed by atoms with Crippen molar-refractivity contribution in [1.82, 2.24) is 0 Å². The van der Waals surface area contributed by atoms with E-state index in [1.165, 1.54) is 12.1 Å². The fourth-order valence-electron chi connectivity index (χ4n) is 2.63. The van der Waals surface area contributed by atoms with E-state index >= 15 is 0 Å². The molecular weight excluding hydrogens is 458 g/mol. The van der Waals surface area contributed by atoms with E-state index in [1.807, 2.05) is 67.6 Å². The topological polar surface area (TPSA) is 137 Å². The Hall–Kier alpha value is -3.53. The maximum absolute atomic E-state index is 11.8. The summed E-state index contributed by atoms with van der Waals surface area (Å²) in [6.07, 6.45) is -0.0968. The van der Waals surface area contributed by atoms with Gasteiger partial charge in [-0.2, -0.15) is 0 Å². The molecular formula is C25H27NO7S. The van der Waals surface area contributed by atoms with E-state index in [1.54, 1.807) is 12.1 Å². The lowest BCUT2D eigenvalue weighted by Crippen LogP contribution is -2.66. The van der Waals surface area contributed by atoms with Crippen LogP contribution in [0.1, 0.15) is 23.1 Å². The van der Waals surface area contributed by atoms with E-state index in [0.29, 0.717) is 0 Å². The number of esters is 2. The minimum Gasteiger partial charge on any atom is -0.744 e. The van der Waals surface area contributed by atoms with Gasteiger partial charge < -0.3 is 19.8 Å². The van der Waals surface area contributed by atoms with Crippen LogP contribution in [-0.2, 0) is 42.4 Å². The van der Waals surface area contributed by atoms with Gasteiger partial charge in [0.2, 0.25) is 0 Å². The molecule has 0 radical (unpaired) electrons. The second-order valence-electron chi connectivity index (χ2n) is 7.41. The molecule has 0 saturated carbocycles. The fraction of sp³-hybridized carbons (Fsp3) is 0.200. The monoisotopic (exact) mass is 485 g/mol. The zero-order valence-electron chi connectivity index (χ0n) is 18.8. The highest BCUT2D eigenvalue weighted by atomic mass is 32.2. The van der Waals surface area contributed by atoms with E-state index in [-0.39, 0.29) is 24.5 Å². The van der Waals surface area contributed by atoms with E-state index in [2.05, 4.69) is 5.73 Å². The highest BCUT2D eigenvalue weighted by Crippen LogP contribution is 2.08. The molecule has 180 valence electrons. The third kappa shape index (κ3) is 9.95. The van der Waals surface area contributed by atoms with Crippen LogP contribution in [-0.4, -0.2) is 31.0 Å². The van der Waals surface area contributed by atoms with Crippen molar-refractivity contribution in [2.24, 2.45) is 0 Å². The molecule has 1 atom stereocenters. The molecule has 0 aliphatic rings. The Labute approximate surface area is 199 Å². The molecule has 34 heavy (non-hydrogen) atoms. The van der Waals surface area contributed by atoms with Crippen molar-refractivity contribution < 1.29 is 37.8 Å². The minimum absolute atomic E-state index is 0.0968. The van der Waals surface area contributed by atoms with Crippen molar-refractivity contribution in [2.45, 2.75) is 37.5 Å². The maximum atomic E-state index is 11.8. The predicted octanol–water partition coefficient (Wildman–Crippen LogP) is 2.37. The van der Waals surface area contributed by atoms with E-state index in [9.17, 15) is 22.6 Å². The Morgan fingerprint density at radius 3 is 1.76 bits per heavy atom. The largest absolute Gasteiger partial charge is 0.744 e. The van der Waals surface area contributed by atoms with Gasteiger partial charge in [-0.1, -0.05) is 78.4 Å². The molecule has 0 aliphatic carbocycles. The van der Waals surface area contributed by atoms with Gasteiger partial charge >= 0.3 is 11.9 Å². The van der Waals surface area contributed by atoms with E-state index in [4.69, 9.17) is 9.47 Å². The summed E-state index contributed by atoms with van der Waals surface area (Å²) in [5, 5.41) is 0. The minimum atomic E-state index is -4.27. The highest BCUT2D eigenvalue weighted by molar-refractivity contribution is 7.85. The summed E-state index contributed by atoms with van der Waals surface area (Å²) in [5.74, 6) is -0.976. The van der Waals surface area contributed by atoms with Gasteiger partial charge in [-0.15, -0.1) is 0 Å². The summed E-state index contributed by atoms with van der Waals surface area (Å²) in [6, 6.07) is 23.7. The van der Waals surface area contributed by atoms with Crippen LogP contribution in [0.15, 0.2) is 89.8 Å². The SMILES string of the molecule is Cc1ccc(S(=O)(=O)[O-])cc1.[NH3+][C@@H](CC(=O)OCc1ccccc1)C(=O)OCc1ccccc1. The van der Waals surface area contributed by atoms with Crippen molar-refractivity contribution in [2.75, 3.05) is 0 Å². The fourth-order valence-corrected chi connectivity index (χ4v) is 3.10. The van der Waals surface area contributed by atoms with Crippen LogP contribution in [0.2, 0.25) is 0 Å². The molecule has 0 bridgehead atoms. The summed E-state index contributed by atoms with van der Waals surface area (Å²) in [7, 11) is -4.27. The molecule has 3 aromatic rings. The number of quaternary nitrogens is 1. The van der Waals surface area contributed by atoms with Crippen LogP contribution in [0.3, 0.4) is 0 Å². The average molecular weight is 486 g/mol. The number of benzene rings is 3. The van der Waals surface area contributed by atoms with Crippen molar-refractivity contribution in [3.05, 3.63) is 102 Å². The lowest BCUT2D eigenvalue weighted by atomic mass is 10.2. The Morgan fingerprint density at radius 2 is 1.29 bits per heavy atom. The molecule has 3 N–H and O–H groups in total. The molecule has 8 nitrogen and oxygen atoms in total. The Bertz CT molecular complexity index is 1150. The molecule has 3 rings (SSSR count). The molecule has 0 spiro atoms. The average Bonchev–Trinajstić information content (AvgIpc) is 2.82. The van der Waals surface area contributed by atoms with Gasteiger partial charge in [0.05, 0.1) is 4.90 Å². The smallest absolute Gasteiger partial charge is 0.365 e. The van der Waals surface area contributed by atoms with Gasteiger partial charge in [-0.3, -0.25) is 4.79 Å². The lowest BCUT2D eigenvalue weighted by molar-refractivity contribution is -0.408. The lowest BCUT2D eigenvalue weighted by Gasteiger charge is -2.09. The first kappa shape index (κ1) is 26.7. The van der Waals surface area contributed by atoms with Gasteiger partial charge in [-0.05, 0) is 30.2 Å². The van der Waals surface area contributed by atoms with Gasteiger partial charge in [0.1, 0.15) is 29.8 Å². The number of carbonyl (C=O) groups excluding carboxylic acids is 2. The Balaban J connectivity index is 0.000000310. The molecule has 0 aliphatic heterocycles. The van der Waals surface area contributed by atoms with Crippen LogP contribution < -0.4 is 5.73 Å². The molecule has 0 heterocycles. The summed E-state index contributed by atoms with van der Waals surface area (Å²) in [6.45, 7) is 2.18. The van der Waals surface area contributed by atoms with Gasteiger partial charge in [0.15, 0.2) is 6.04 Å². The third-order valence-corrected chi connectivity index (χ3v) is 5.37. The van der Waals surface area contributed by atoms with Gasteiger partial charge in [-0.25, -0.2) is 13.2 Å².